The van der Waals surface area contributed by atoms with E-state index in [0.717, 1.165) is 51.1 Å². The summed E-state index contributed by atoms with van der Waals surface area (Å²) in [6.45, 7) is 7.89. The molecule has 0 bridgehead atoms. The van der Waals surface area contributed by atoms with Crippen molar-refractivity contribution < 1.29 is 9.90 Å². The second-order valence-electron chi connectivity index (χ2n) is 11.0. The van der Waals surface area contributed by atoms with Crippen LogP contribution in [0.5, 0.6) is 0 Å². The Hall–Kier alpha value is -3.60. The number of likely N-dealkylation sites (tertiary alicyclic amines) is 1. The third kappa shape index (κ3) is 6.89. The SMILES string of the molecule is CN1CCC(CNC(=O)c2cnc(Nc3ccc4c(c3)CCNC4)nc2Nc2cccc(C(C)(C)O)n2)CC1. The number of rotatable bonds is 8. The van der Waals surface area contributed by atoms with Crippen molar-refractivity contribution in [3.05, 3.63) is 65.0 Å². The van der Waals surface area contributed by atoms with Crippen LogP contribution in [-0.4, -0.2) is 64.1 Å². The lowest BCUT2D eigenvalue weighted by Crippen LogP contribution is -2.37. The van der Waals surface area contributed by atoms with Gasteiger partial charge in [0.05, 0.1) is 5.69 Å². The maximum atomic E-state index is 13.3. The van der Waals surface area contributed by atoms with Gasteiger partial charge in [-0.2, -0.15) is 4.98 Å². The number of carbonyl (C=O) groups excluding carboxylic acids is 1. The molecule has 1 aromatic carbocycles. The second-order valence-corrected chi connectivity index (χ2v) is 11.0. The third-order valence-electron chi connectivity index (χ3n) is 7.39. The molecule has 0 spiro atoms. The van der Waals surface area contributed by atoms with Crippen LogP contribution >= 0.6 is 0 Å². The maximum absolute atomic E-state index is 13.3. The largest absolute Gasteiger partial charge is 0.384 e. The van der Waals surface area contributed by atoms with E-state index in [1.54, 1.807) is 32.2 Å². The lowest BCUT2D eigenvalue weighted by molar-refractivity contribution is 0.0740. The van der Waals surface area contributed by atoms with Gasteiger partial charge in [-0.05, 0) is 101 Å². The van der Waals surface area contributed by atoms with Crippen molar-refractivity contribution in [2.45, 2.75) is 45.3 Å². The van der Waals surface area contributed by atoms with Crippen LogP contribution in [0.1, 0.15) is 53.9 Å². The molecule has 2 aliphatic heterocycles. The normalized spacial score (nSPS) is 16.4. The smallest absolute Gasteiger partial charge is 0.256 e. The van der Waals surface area contributed by atoms with Gasteiger partial charge in [0.25, 0.3) is 5.91 Å². The fourth-order valence-electron chi connectivity index (χ4n) is 4.95. The number of carbonyl (C=O) groups is 1. The molecule has 1 fully saturated rings. The van der Waals surface area contributed by atoms with Crippen LogP contribution in [0.2, 0.25) is 0 Å². The van der Waals surface area contributed by atoms with E-state index in [0.29, 0.717) is 41.3 Å². The van der Waals surface area contributed by atoms with Crippen LogP contribution in [0.15, 0.2) is 42.6 Å². The number of hydrogen-bond donors (Lipinski definition) is 5. The maximum Gasteiger partial charge on any atom is 0.256 e. The Labute approximate surface area is 229 Å². The van der Waals surface area contributed by atoms with Gasteiger partial charge in [0.2, 0.25) is 5.95 Å². The molecular weight excluding hydrogens is 492 g/mol. The van der Waals surface area contributed by atoms with E-state index >= 15 is 0 Å². The molecule has 0 atom stereocenters. The van der Waals surface area contributed by atoms with E-state index in [4.69, 9.17) is 0 Å². The summed E-state index contributed by atoms with van der Waals surface area (Å²) in [4.78, 5) is 29.3. The molecule has 0 radical (unpaired) electrons. The van der Waals surface area contributed by atoms with Gasteiger partial charge >= 0.3 is 0 Å². The summed E-state index contributed by atoms with van der Waals surface area (Å²) >= 11 is 0. The standard InChI is InChI=1S/C29H38N8O2/c1-29(2,39)24-5-4-6-25(34-24)35-26-23(27(38)31-16-19-10-13-37(3)14-11-19)18-32-28(36-26)33-22-8-7-21-17-30-12-9-20(21)15-22/h4-8,15,18-19,30,39H,9-14,16-17H2,1-3H3,(H,31,38)(H2,32,33,34,35,36). The van der Waals surface area contributed by atoms with Crippen molar-refractivity contribution >= 4 is 29.2 Å². The molecule has 39 heavy (non-hydrogen) atoms. The number of hydrogen-bond acceptors (Lipinski definition) is 9. The fraction of sp³-hybridized carbons (Fsp3) is 0.448. The number of piperidine rings is 1. The van der Waals surface area contributed by atoms with E-state index in [9.17, 15) is 9.90 Å². The van der Waals surface area contributed by atoms with Gasteiger partial charge in [-0.25, -0.2) is 9.97 Å². The number of benzene rings is 1. The van der Waals surface area contributed by atoms with E-state index in [2.05, 4.69) is 60.3 Å². The molecule has 4 heterocycles. The molecule has 0 unspecified atom stereocenters. The van der Waals surface area contributed by atoms with Crippen molar-refractivity contribution in [3.63, 3.8) is 0 Å². The molecule has 0 saturated carbocycles. The first-order valence-corrected chi connectivity index (χ1v) is 13.6. The summed E-state index contributed by atoms with van der Waals surface area (Å²) in [6.07, 6.45) is 4.64. The zero-order valence-electron chi connectivity index (χ0n) is 22.9. The molecule has 206 valence electrons. The molecule has 2 aromatic heterocycles. The number of anilines is 4. The first kappa shape index (κ1) is 27.0. The van der Waals surface area contributed by atoms with Crippen molar-refractivity contribution in [1.82, 2.24) is 30.5 Å². The molecule has 10 heteroatoms. The van der Waals surface area contributed by atoms with Gasteiger partial charge in [-0.3, -0.25) is 4.79 Å². The topological polar surface area (TPSA) is 127 Å². The molecule has 2 aliphatic rings. The highest BCUT2D eigenvalue weighted by molar-refractivity contribution is 5.99. The van der Waals surface area contributed by atoms with Crippen molar-refractivity contribution in [2.75, 3.05) is 43.9 Å². The summed E-state index contributed by atoms with van der Waals surface area (Å²) in [5.74, 6) is 1.41. The van der Waals surface area contributed by atoms with E-state index in [-0.39, 0.29) is 5.91 Å². The van der Waals surface area contributed by atoms with Crippen molar-refractivity contribution in [3.8, 4) is 0 Å². The van der Waals surface area contributed by atoms with Crippen LogP contribution in [0.25, 0.3) is 0 Å². The predicted octanol–water partition coefficient (Wildman–Crippen LogP) is 3.30. The predicted molar refractivity (Wildman–Crippen MR) is 152 cm³/mol. The summed E-state index contributed by atoms with van der Waals surface area (Å²) in [5, 5.41) is 23.4. The highest BCUT2D eigenvalue weighted by Gasteiger charge is 2.22. The Balaban J connectivity index is 1.38. The summed E-state index contributed by atoms with van der Waals surface area (Å²) < 4.78 is 0. The summed E-state index contributed by atoms with van der Waals surface area (Å²) in [7, 11) is 2.13. The van der Waals surface area contributed by atoms with Crippen LogP contribution < -0.4 is 21.3 Å². The molecule has 0 aliphatic carbocycles. The van der Waals surface area contributed by atoms with Crippen LogP contribution in [0, 0.1) is 5.92 Å². The van der Waals surface area contributed by atoms with Gasteiger partial charge in [-0.15, -0.1) is 0 Å². The van der Waals surface area contributed by atoms with Crippen LogP contribution in [0.3, 0.4) is 0 Å². The molecular formula is C29H38N8O2. The third-order valence-corrected chi connectivity index (χ3v) is 7.39. The number of amides is 1. The van der Waals surface area contributed by atoms with Gasteiger partial charge in [-0.1, -0.05) is 12.1 Å². The number of aromatic nitrogens is 3. The average molecular weight is 531 g/mol. The Morgan fingerprint density at radius 1 is 1.13 bits per heavy atom. The minimum absolute atomic E-state index is 0.233. The Kier molecular flexibility index (Phi) is 8.06. The Morgan fingerprint density at radius 2 is 1.95 bits per heavy atom. The highest BCUT2D eigenvalue weighted by Crippen LogP contribution is 2.25. The molecule has 5 rings (SSSR count). The van der Waals surface area contributed by atoms with Crippen molar-refractivity contribution in [2.24, 2.45) is 5.92 Å². The fourth-order valence-corrected chi connectivity index (χ4v) is 4.95. The van der Waals surface area contributed by atoms with Gasteiger partial charge in [0.15, 0.2) is 0 Å². The van der Waals surface area contributed by atoms with E-state index < -0.39 is 5.60 Å². The van der Waals surface area contributed by atoms with Gasteiger partial charge in [0.1, 0.15) is 22.8 Å². The van der Waals surface area contributed by atoms with Gasteiger partial charge in [0, 0.05) is 25.0 Å². The molecule has 1 saturated heterocycles. The van der Waals surface area contributed by atoms with Crippen LogP contribution in [0.4, 0.5) is 23.3 Å². The molecule has 1 amide bonds. The number of aliphatic hydroxyl groups is 1. The summed E-state index contributed by atoms with van der Waals surface area (Å²) in [5.41, 5.74) is 3.23. The first-order valence-electron chi connectivity index (χ1n) is 13.6. The Bertz CT molecular complexity index is 1310. The lowest BCUT2D eigenvalue weighted by atomic mass is 9.97. The monoisotopic (exact) mass is 530 g/mol. The zero-order chi connectivity index (χ0) is 27.4. The summed E-state index contributed by atoms with van der Waals surface area (Å²) in [6, 6.07) is 11.6. The number of nitrogens with zero attached hydrogens (tertiary/aromatic N) is 4. The van der Waals surface area contributed by atoms with Crippen molar-refractivity contribution in [1.29, 1.82) is 0 Å². The van der Waals surface area contributed by atoms with Crippen LogP contribution in [-0.2, 0) is 18.6 Å². The molecule has 10 nitrogen and oxygen atoms in total. The number of pyridine rings is 1. The van der Waals surface area contributed by atoms with E-state index in [1.807, 2.05) is 12.1 Å². The van der Waals surface area contributed by atoms with E-state index in [1.165, 1.54) is 11.1 Å². The highest BCUT2D eigenvalue weighted by atomic mass is 16.3. The minimum Gasteiger partial charge on any atom is -0.384 e. The second kappa shape index (κ2) is 11.6. The minimum atomic E-state index is -1.10. The first-order chi connectivity index (χ1) is 18.7. The quantitative estimate of drug-likeness (QED) is 0.298. The average Bonchev–Trinajstić information content (AvgIpc) is 2.92. The Morgan fingerprint density at radius 3 is 2.74 bits per heavy atom. The molecule has 5 N–H and O–H groups in total. The van der Waals surface area contributed by atoms with Gasteiger partial charge < -0.3 is 31.3 Å². The number of fused-ring (bicyclic) bond motifs is 1. The lowest BCUT2D eigenvalue weighted by Gasteiger charge is -2.29. The number of nitrogens with one attached hydrogen (secondary N) is 4. The molecule has 3 aromatic rings. The zero-order valence-corrected chi connectivity index (χ0v) is 22.9.